The van der Waals surface area contributed by atoms with E-state index in [2.05, 4.69) is 19.2 Å². The number of rotatable bonds is 7. The van der Waals surface area contributed by atoms with Gasteiger partial charge in [0.15, 0.2) is 0 Å². The molecule has 1 atom stereocenters. The minimum absolute atomic E-state index is 0.00792. The number of ether oxygens (including phenoxy) is 2. The first kappa shape index (κ1) is 15.5. The number of carbonyl (C=O) groups excluding carboxylic acids is 1. The van der Waals surface area contributed by atoms with E-state index < -0.39 is 0 Å². The average Bonchev–Trinajstić information content (AvgIpc) is 2.38. The lowest BCUT2D eigenvalue weighted by Gasteiger charge is -2.21. The summed E-state index contributed by atoms with van der Waals surface area (Å²) in [5.41, 5.74) is 1.08. The molecule has 0 spiro atoms. The standard InChI is InChI=1S/C15H23NO3/c1-11(2)9-14(16-15(17)10-18-3)12-5-7-13(19-4)8-6-12/h5-8,11,14H,9-10H2,1-4H3,(H,16,17)/t14-/m1/s1. The molecule has 0 fully saturated rings. The van der Waals surface area contributed by atoms with Gasteiger partial charge in [0.05, 0.1) is 13.2 Å². The highest BCUT2D eigenvalue weighted by molar-refractivity contribution is 5.77. The van der Waals surface area contributed by atoms with Gasteiger partial charge in [-0.25, -0.2) is 0 Å². The monoisotopic (exact) mass is 265 g/mol. The minimum atomic E-state index is -0.0935. The Morgan fingerprint density at radius 2 is 1.84 bits per heavy atom. The fourth-order valence-corrected chi connectivity index (χ4v) is 1.95. The van der Waals surface area contributed by atoms with Crippen LogP contribution in [0.25, 0.3) is 0 Å². The maximum absolute atomic E-state index is 11.7. The summed E-state index contributed by atoms with van der Waals surface area (Å²) in [5, 5.41) is 3.00. The van der Waals surface area contributed by atoms with Crippen molar-refractivity contribution < 1.29 is 14.3 Å². The van der Waals surface area contributed by atoms with Crippen molar-refractivity contribution in [1.29, 1.82) is 0 Å². The van der Waals surface area contributed by atoms with Crippen molar-refractivity contribution in [1.82, 2.24) is 5.32 Å². The molecule has 0 radical (unpaired) electrons. The molecule has 0 saturated carbocycles. The Labute approximate surface area is 115 Å². The van der Waals surface area contributed by atoms with Gasteiger partial charge in [0.1, 0.15) is 12.4 Å². The van der Waals surface area contributed by atoms with Crippen molar-refractivity contribution in [3.63, 3.8) is 0 Å². The van der Waals surface area contributed by atoms with Crippen LogP contribution in [-0.2, 0) is 9.53 Å². The third-order valence-corrected chi connectivity index (χ3v) is 2.84. The minimum Gasteiger partial charge on any atom is -0.497 e. The van der Waals surface area contributed by atoms with Crippen molar-refractivity contribution in [3.05, 3.63) is 29.8 Å². The van der Waals surface area contributed by atoms with Crippen molar-refractivity contribution in [2.24, 2.45) is 5.92 Å². The van der Waals surface area contributed by atoms with E-state index in [1.54, 1.807) is 7.11 Å². The molecule has 106 valence electrons. The van der Waals surface area contributed by atoms with E-state index in [1.807, 2.05) is 24.3 Å². The molecular weight excluding hydrogens is 242 g/mol. The molecule has 4 heteroatoms. The summed E-state index contributed by atoms with van der Waals surface area (Å²) in [7, 11) is 3.16. The molecule has 0 aromatic heterocycles. The second-order valence-electron chi connectivity index (χ2n) is 4.96. The van der Waals surface area contributed by atoms with Crippen LogP contribution in [0.3, 0.4) is 0 Å². The molecule has 1 rings (SSSR count). The van der Waals surface area contributed by atoms with Crippen molar-refractivity contribution in [3.8, 4) is 5.75 Å². The van der Waals surface area contributed by atoms with Crippen LogP contribution in [0.15, 0.2) is 24.3 Å². The molecule has 0 aliphatic heterocycles. The summed E-state index contributed by atoms with van der Waals surface area (Å²) >= 11 is 0. The summed E-state index contributed by atoms with van der Waals surface area (Å²) in [5.74, 6) is 1.22. The first-order chi connectivity index (χ1) is 9.06. The van der Waals surface area contributed by atoms with Gasteiger partial charge in [-0.1, -0.05) is 26.0 Å². The molecule has 1 aromatic rings. The van der Waals surface area contributed by atoms with E-state index in [9.17, 15) is 4.79 Å². The van der Waals surface area contributed by atoms with Crippen LogP contribution in [-0.4, -0.2) is 26.7 Å². The van der Waals surface area contributed by atoms with Crippen LogP contribution in [0.1, 0.15) is 31.9 Å². The van der Waals surface area contributed by atoms with Crippen molar-refractivity contribution in [2.45, 2.75) is 26.3 Å². The zero-order valence-electron chi connectivity index (χ0n) is 12.1. The fraction of sp³-hybridized carbons (Fsp3) is 0.533. The predicted molar refractivity (Wildman–Crippen MR) is 75.2 cm³/mol. The van der Waals surface area contributed by atoms with Gasteiger partial charge in [-0.15, -0.1) is 0 Å². The molecule has 0 aliphatic carbocycles. The topological polar surface area (TPSA) is 47.6 Å². The third-order valence-electron chi connectivity index (χ3n) is 2.84. The van der Waals surface area contributed by atoms with Crippen LogP contribution >= 0.6 is 0 Å². The van der Waals surface area contributed by atoms with E-state index in [-0.39, 0.29) is 18.6 Å². The van der Waals surface area contributed by atoms with E-state index in [0.717, 1.165) is 17.7 Å². The number of nitrogens with one attached hydrogen (secondary N) is 1. The Kier molecular flexibility index (Phi) is 6.36. The predicted octanol–water partition coefficient (Wildman–Crippen LogP) is 2.55. The molecule has 1 N–H and O–H groups in total. The Balaban J connectivity index is 2.79. The van der Waals surface area contributed by atoms with Crippen molar-refractivity contribution in [2.75, 3.05) is 20.8 Å². The number of hydrogen-bond donors (Lipinski definition) is 1. The fourth-order valence-electron chi connectivity index (χ4n) is 1.95. The first-order valence-corrected chi connectivity index (χ1v) is 6.49. The van der Waals surface area contributed by atoms with Gasteiger partial charge < -0.3 is 14.8 Å². The smallest absolute Gasteiger partial charge is 0.246 e. The van der Waals surface area contributed by atoms with Crippen LogP contribution < -0.4 is 10.1 Å². The quantitative estimate of drug-likeness (QED) is 0.824. The summed E-state index contributed by atoms with van der Waals surface area (Å²) in [6.07, 6.45) is 0.891. The molecule has 1 aromatic carbocycles. The highest BCUT2D eigenvalue weighted by atomic mass is 16.5. The molecule has 1 amide bonds. The van der Waals surface area contributed by atoms with Gasteiger partial charge in [0.25, 0.3) is 0 Å². The molecule has 0 heterocycles. The van der Waals surface area contributed by atoms with E-state index in [4.69, 9.17) is 9.47 Å². The molecule has 0 unspecified atom stereocenters. The number of hydrogen-bond acceptors (Lipinski definition) is 3. The second kappa shape index (κ2) is 7.79. The van der Waals surface area contributed by atoms with E-state index in [0.29, 0.717) is 5.92 Å². The Hall–Kier alpha value is -1.55. The molecule has 0 bridgehead atoms. The lowest BCUT2D eigenvalue weighted by molar-refractivity contribution is -0.125. The maximum Gasteiger partial charge on any atom is 0.246 e. The molecular formula is C15H23NO3. The molecule has 0 saturated heterocycles. The van der Waals surface area contributed by atoms with Gasteiger partial charge in [-0.05, 0) is 30.0 Å². The van der Waals surface area contributed by atoms with Crippen LogP contribution in [0.5, 0.6) is 5.75 Å². The van der Waals surface area contributed by atoms with Gasteiger partial charge in [0, 0.05) is 7.11 Å². The third kappa shape index (κ3) is 5.30. The lowest BCUT2D eigenvalue weighted by Crippen LogP contribution is -2.32. The molecule has 4 nitrogen and oxygen atoms in total. The normalized spacial score (nSPS) is 12.3. The van der Waals surface area contributed by atoms with Crippen LogP contribution in [0.2, 0.25) is 0 Å². The number of benzene rings is 1. The zero-order chi connectivity index (χ0) is 14.3. The number of amides is 1. The zero-order valence-corrected chi connectivity index (χ0v) is 12.1. The number of methoxy groups -OCH3 is 2. The largest absolute Gasteiger partial charge is 0.497 e. The van der Waals surface area contributed by atoms with Crippen molar-refractivity contribution >= 4 is 5.91 Å². The van der Waals surface area contributed by atoms with Gasteiger partial charge in [0.2, 0.25) is 5.91 Å². The average molecular weight is 265 g/mol. The Morgan fingerprint density at radius 1 is 1.21 bits per heavy atom. The Morgan fingerprint density at radius 3 is 2.32 bits per heavy atom. The Bertz CT molecular complexity index is 387. The summed E-state index contributed by atoms with van der Waals surface area (Å²) in [6, 6.07) is 7.79. The lowest BCUT2D eigenvalue weighted by atomic mass is 9.97. The maximum atomic E-state index is 11.7. The number of carbonyl (C=O) groups is 1. The van der Waals surface area contributed by atoms with Crippen LogP contribution in [0, 0.1) is 5.92 Å². The highest BCUT2D eigenvalue weighted by Gasteiger charge is 2.16. The summed E-state index contributed by atoms with van der Waals surface area (Å²) in [4.78, 5) is 11.7. The highest BCUT2D eigenvalue weighted by Crippen LogP contribution is 2.23. The molecule has 0 aliphatic rings. The first-order valence-electron chi connectivity index (χ1n) is 6.49. The van der Waals surface area contributed by atoms with Crippen LogP contribution in [0.4, 0.5) is 0 Å². The van der Waals surface area contributed by atoms with Gasteiger partial charge in [-0.2, -0.15) is 0 Å². The van der Waals surface area contributed by atoms with Gasteiger partial charge in [-0.3, -0.25) is 4.79 Å². The van der Waals surface area contributed by atoms with E-state index in [1.165, 1.54) is 7.11 Å². The summed E-state index contributed by atoms with van der Waals surface area (Å²) < 4.78 is 9.99. The second-order valence-corrected chi connectivity index (χ2v) is 4.96. The SMILES string of the molecule is COCC(=O)N[C@H](CC(C)C)c1ccc(OC)cc1. The van der Waals surface area contributed by atoms with E-state index >= 15 is 0 Å². The summed E-state index contributed by atoms with van der Waals surface area (Å²) in [6.45, 7) is 4.36. The van der Waals surface area contributed by atoms with Gasteiger partial charge >= 0.3 is 0 Å². The molecule has 19 heavy (non-hydrogen) atoms.